The highest BCUT2D eigenvalue weighted by Gasteiger charge is 2.12. The Labute approximate surface area is 167 Å². The lowest BCUT2D eigenvalue weighted by Crippen LogP contribution is -1.92. The van der Waals surface area contributed by atoms with Gasteiger partial charge in [0.1, 0.15) is 0 Å². The molecule has 0 atom stereocenters. The van der Waals surface area contributed by atoms with Crippen LogP contribution < -0.4 is 0 Å². The molecule has 0 nitrogen and oxygen atoms in total. The Morgan fingerprint density at radius 1 is 0.560 bits per heavy atom. The minimum absolute atomic E-state index is 1.20. The summed E-state index contributed by atoms with van der Waals surface area (Å²) in [6.45, 7) is 13.5. The van der Waals surface area contributed by atoms with E-state index in [1.165, 1.54) is 66.2 Å². The van der Waals surface area contributed by atoms with Crippen molar-refractivity contribution in [2.75, 3.05) is 11.5 Å². The molecule has 0 saturated carbocycles. The molecule has 0 aliphatic heterocycles. The molecule has 0 aliphatic rings. The molecular formula is C22H30S3. The normalized spacial score (nSPS) is 11.1. The van der Waals surface area contributed by atoms with Gasteiger partial charge in [-0.25, -0.2) is 0 Å². The molecule has 2 aromatic rings. The van der Waals surface area contributed by atoms with Crippen LogP contribution in [-0.2, 0) is 0 Å². The first-order chi connectivity index (χ1) is 12.0. The van der Waals surface area contributed by atoms with Crippen molar-refractivity contribution in [2.24, 2.45) is 0 Å². The van der Waals surface area contributed by atoms with Crippen LogP contribution in [0.15, 0.2) is 43.8 Å². The van der Waals surface area contributed by atoms with E-state index in [-0.39, 0.29) is 0 Å². The Morgan fingerprint density at radius 3 is 1.24 bits per heavy atom. The number of hydrogen-bond donors (Lipinski definition) is 0. The molecule has 0 fully saturated rings. The Balaban J connectivity index is 2.25. The average molecular weight is 391 g/mol. The fraction of sp³-hybridized carbons (Fsp3) is 0.455. The first kappa shape index (κ1) is 20.8. The van der Waals surface area contributed by atoms with E-state index in [9.17, 15) is 0 Å². The minimum atomic E-state index is 1.20. The monoisotopic (exact) mass is 390 g/mol. The van der Waals surface area contributed by atoms with Gasteiger partial charge in [0, 0.05) is 19.6 Å². The van der Waals surface area contributed by atoms with Crippen LogP contribution in [0, 0.1) is 27.7 Å². The van der Waals surface area contributed by atoms with Gasteiger partial charge in [-0.2, -0.15) is 0 Å². The summed E-state index contributed by atoms with van der Waals surface area (Å²) >= 11 is 5.87. The van der Waals surface area contributed by atoms with E-state index in [2.05, 4.69) is 65.8 Å². The number of benzene rings is 2. The second-order valence-electron chi connectivity index (χ2n) is 6.42. The van der Waals surface area contributed by atoms with Crippen molar-refractivity contribution >= 4 is 35.3 Å². The molecule has 0 heterocycles. The molecule has 0 amide bonds. The SMILES string of the molecule is CCCSc1ccc(Sc2ccc(SCCC)c(C)c2C)c(C)c1C. The molecule has 3 heteroatoms. The molecule has 2 aromatic carbocycles. The summed E-state index contributed by atoms with van der Waals surface area (Å²) in [5.74, 6) is 2.39. The highest BCUT2D eigenvalue weighted by atomic mass is 32.2. The number of rotatable bonds is 8. The van der Waals surface area contributed by atoms with Gasteiger partial charge >= 0.3 is 0 Å². The van der Waals surface area contributed by atoms with Gasteiger partial charge in [-0.3, -0.25) is 0 Å². The minimum Gasteiger partial charge on any atom is -0.126 e. The summed E-state index contributed by atoms with van der Waals surface area (Å²) in [5, 5.41) is 0. The second-order valence-corrected chi connectivity index (χ2v) is 9.78. The molecule has 0 N–H and O–H groups in total. The molecule has 2 rings (SSSR count). The lowest BCUT2D eigenvalue weighted by molar-refractivity contribution is 1.09. The van der Waals surface area contributed by atoms with Crippen LogP contribution >= 0.6 is 35.3 Å². The molecule has 0 saturated heterocycles. The number of thioether (sulfide) groups is 2. The van der Waals surface area contributed by atoms with Gasteiger partial charge in [-0.15, -0.1) is 23.5 Å². The van der Waals surface area contributed by atoms with Crippen molar-refractivity contribution in [1.29, 1.82) is 0 Å². The fourth-order valence-electron chi connectivity index (χ4n) is 2.62. The van der Waals surface area contributed by atoms with Crippen LogP contribution in [0.4, 0.5) is 0 Å². The summed E-state index contributed by atoms with van der Waals surface area (Å²) in [4.78, 5) is 5.63. The average Bonchev–Trinajstić information content (AvgIpc) is 2.61. The van der Waals surface area contributed by atoms with Gasteiger partial charge in [0.25, 0.3) is 0 Å². The highest BCUT2D eigenvalue weighted by Crippen LogP contribution is 2.39. The summed E-state index contributed by atoms with van der Waals surface area (Å²) in [6.07, 6.45) is 2.45. The van der Waals surface area contributed by atoms with E-state index in [0.29, 0.717) is 0 Å². The second kappa shape index (κ2) is 9.99. The Hall–Kier alpha value is -0.510. The zero-order valence-corrected chi connectivity index (χ0v) is 18.8. The van der Waals surface area contributed by atoms with Crippen LogP contribution in [0.2, 0.25) is 0 Å². The molecular weight excluding hydrogens is 360 g/mol. The van der Waals surface area contributed by atoms with E-state index in [1.54, 1.807) is 0 Å². The van der Waals surface area contributed by atoms with Crippen LogP contribution in [0.1, 0.15) is 48.9 Å². The van der Waals surface area contributed by atoms with E-state index in [1.807, 2.05) is 35.3 Å². The van der Waals surface area contributed by atoms with Crippen LogP contribution in [-0.4, -0.2) is 11.5 Å². The number of hydrogen-bond acceptors (Lipinski definition) is 3. The molecule has 136 valence electrons. The van der Waals surface area contributed by atoms with Gasteiger partial charge in [0.2, 0.25) is 0 Å². The Morgan fingerprint density at radius 2 is 0.880 bits per heavy atom. The molecule has 0 radical (unpaired) electrons. The zero-order valence-electron chi connectivity index (χ0n) is 16.4. The maximum Gasteiger partial charge on any atom is 0.0155 e. The predicted molar refractivity (Wildman–Crippen MR) is 118 cm³/mol. The maximum atomic E-state index is 2.31. The molecule has 0 bridgehead atoms. The van der Waals surface area contributed by atoms with E-state index >= 15 is 0 Å². The van der Waals surface area contributed by atoms with Crippen molar-refractivity contribution in [3.63, 3.8) is 0 Å². The van der Waals surface area contributed by atoms with Gasteiger partial charge in [-0.05, 0) is 98.6 Å². The van der Waals surface area contributed by atoms with Gasteiger partial charge in [0.15, 0.2) is 0 Å². The smallest absolute Gasteiger partial charge is 0.0155 e. The van der Waals surface area contributed by atoms with Crippen molar-refractivity contribution in [1.82, 2.24) is 0 Å². The van der Waals surface area contributed by atoms with E-state index in [4.69, 9.17) is 0 Å². The molecule has 0 aromatic heterocycles. The topological polar surface area (TPSA) is 0 Å². The van der Waals surface area contributed by atoms with Crippen molar-refractivity contribution in [3.05, 3.63) is 46.5 Å². The first-order valence-corrected chi connectivity index (χ1v) is 11.9. The Kier molecular flexibility index (Phi) is 8.31. The van der Waals surface area contributed by atoms with Gasteiger partial charge in [-0.1, -0.05) is 25.6 Å². The quantitative estimate of drug-likeness (QED) is 0.418. The Bertz CT molecular complexity index is 658. The third-order valence-electron chi connectivity index (χ3n) is 4.52. The maximum absolute atomic E-state index is 2.31. The standard InChI is InChI=1S/C22H30S3/c1-7-13-23-19-9-11-21(17(5)15(19)3)25-22-12-10-20(24-14-8-2)16(4)18(22)6/h9-12H,7-8,13-14H2,1-6H3. The van der Waals surface area contributed by atoms with Gasteiger partial charge in [0.05, 0.1) is 0 Å². The fourth-order valence-corrected chi connectivity index (χ4v) is 5.66. The third kappa shape index (κ3) is 5.24. The molecule has 25 heavy (non-hydrogen) atoms. The van der Waals surface area contributed by atoms with Crippen molar-refractivity contribution in [3.8, 4) is 0 Å². The highest BCUT2D eigenvalue weighted by molar-refractivity contribution is 8.00. The van der Waals surface area contributed by atoms with Crippen LogP contribution in [0.3, 0.4) is 0 Å². The van der Waals surface area contributed by atoms with Crippen molar-refractivity contribution < 1.29 is 0 Å². The lowest BCUT2D eigenvalue weighted by Gasteiger charge is -2.16. The predicted octanol–water partition coefficient (Wildman–Crippen LogP) is 8.08. The third-order valence-corrected chi connectivity index (χ3v) is 8.57. The summed E-state index contributed by atoms with van der Waals surface area (Å²) in [7, 11) is 0. The molecule has 0 unspecified atom stereocenters. The van der Waals surface area contributed by atoms with E-state index in [0.717, 1.165) is 0 Å². The zero-order chi connectivity index (χ0) is 18.4. The molecule has 0 spiro atoms. The lowest BCUT2D eigenvalue weighted by atomic mass is 10.1. The largest absolute Gasteiger partial charge is 0.126 e. The van der Waals surface area contributed by atoms with Gasteiger partial charge < -0.3 is 0 Å². The van der Waals surface area contributed by atoms with Crippen LogP contribution in [0.25, 0.3) is 0 Å². The summed E-state index contributed by atoms with van der Waals surface area (Å²) in [6, 6.07) is 9.22. The summed E-state index contributed by atoms with van der Waals surface area (Å²) < 4.78 is 0. The summed E-state index contributed by atoms with van der Waals surface area (Å²) in [5.41, 5.74) is 5.72. The first-order valence-electron chi connectivity index (χ1n) is 9.13. The van der Waals surface area contributed by atoms with E-state index < -0.39 is 0 Å². The van der Waals surface area contributed by atoms with Crippen molar-refractivity contribution in [2.45, 2.75) is 74.0 Å². The molecule has 0 aliphatic carbocycles. The van der Waals surface area contributed by atoms with Crippen LogP contribution in [0.5, 0.6) is 0 Å².